The number of aliphatic carboxylic acids is 3. The number of carbonyl (C=O) groups is 4. The minimum Gasteiger partial charge on any atom is -0.481 e. The summed E-state index contributed by atoms with van der Waals surface area (Å²) in [4.78, 5) is 50.8. The molecule has 13 heteroatoms. The molecular weight excluding hydrogens is 896 g/mol. The van der Waals surface area contributed by atoms with Crippen molar-refractivity contribution in [3.8, 4) is 0 Å². The van der Waals surface area contributed by atoms with Crippen LogP contribution in [0.4, 0.5) is 0 Å². The minimum absolute atomic E-state index is 0.00161. The molecule has 1 aliphatic rings. The Balaban J connectivity index is 1.36. The molecule has 0 fully saturated rings. The summed E-state index contributed by atoms with van der Waals surface area (Å²) in [5, 5.41) is 46.3. The molecule has 2 unspecified atom stereocenters. The van der Waals surface area contributed by atoms with Gasteiger partial charge in [0.05, 0.1) is 16.2 Å². The van der Waals surface area contributed by atoms with Gasteiger partial charge in [-0.2, -0.15) is 0 Å². The van der Waals surface area contributed by atoms with Crippen LogP contribution >= 0.6 is 46.4 Å². The molecule has 1 aromatic heterocycles. The number of carboxylic acid groups (broad SMARTS) is 4. The lowest BCUT2D eigenvalue weighted by atomic mass is 9.69. The van der Waals surface area contributed by atoms with Crippen LogP contribution in [-0.4, -0.2) is 48.9 Å². The number of hydrogen-bond acceptors (Lipinski definition) is 4. The molecule has 332 valence electrons. The van der Waals surface area contributed by atoms with Crippen molar-refractivity contribution in [2.45, 2.75) is 102 Å². The van der Waals surface area contributed by atoms with Crippen molar-refractivity contribution in [1.29, 1.82) is 0 Å². The Bertz CT molecular complexity index is 3080. The summed E-state index contributed by atoms with van der Waals surface area (Å²) in [5.74, 6) is -9.67. The van der Waals surface area contributed by atoms with E-state index in [9.17, 15) is 39.6 Å². The van der Waals surface area contributed by atoms with Crippen LogP contribution in [0, 0.1) is 5.92 Å². The van der Waals surface area contributed by atoms with Gasteiger partial charge in [-0.15, -0.1) is 11.6 Å². The molecule has 0 aliphatic heterocycles. The summed E-state index contributed by atoms with van der Waals surface area (Å²) < 4.78 is 2.22. The number of fused-ring (bicyclic) bond motifs is 5. The summed E-state index contributed by atoms with van der Waals surface area (Å²) in [6.07, 6.45) is 11.5. The maximum absolute atomic E-state index is 13.7. The third kappa shape index (κ3) is 7.42. The first-order valence-corrected chi connectivity index (χ1v) is 23.4. The van der Waals surface area contributed by atoms with E-state index < -0.39 is 51.0 Å². The van der Waals surface area contributed by atoms with Crippen molar-refractivity contribution >= 4 is 130 Å². The van der Waals surface area contributed by atoms with Gasteiger partial charge in [-0.25, -0.2) is 14.4 Å². The van der Waals surface area contributed by atoms with Crippen molar-refractivity contribution in [1.82, 2.24) is 4.57 Å². The number of carboxylic acids is 4. The molecule has 6 aromatic carbocycles. The van der Waals surface area contributed by atoms with Crippen LogP contribution < -0.4 is 5.22 Å². The number of nitrogens with zero attached hydrogens (tertiary/aromatic N) is 1. The summed E-state index contributed by atoms with van der Waals surface area (Å²) in [7, 11) is 0. The van der Waals surface area contributed by atoms with E-state index in [1.54, 1.807) is 18.2 Å². The van der Waals surface area contributed by atoms with Crippen LogP contribution in [0.3, 0.4) is 0 Å². The van der Waals surface area contributed by atoms with E-state index in [2.05, 4.69) is 54.8 Å². The quantitative estimate of drug-likeness (QED) is 0.0287. The minimum atomic E-state index is -2.98. The number of rotatable bonds is 18. The fourth-order valence-electron chi connectivity index (χ4n) is 10.3. The van der Waals surface area contributed by atoms with Crippen LogP contribution in [0.25, 0.3) is 59.7 Å². The van der Waals surface area contributed by atoms with Gasteiger partial charge in [0.15, 0.2) is 4.87 Å². The number of hydrogen-bond donors (Lipinski definition) is 4. The molecular formula is C51H47Cl4NO8. The van der Waals surface area contributed by atoms with E-state index in [0.29, 0.717) is 23.7 Å². The van der Waals surface area contributed by atoms with Crippen LogP contribution in [0.1, 0.15) is 104 Å². The van der Waals surface area contributed by atoms with Crippen LogP contribution in [0.2, 0.25) is 15.1 Å². The van der Waals surface area contributed by atoms with E-state index in [-0.39, 0.29) is 54.2 Å². The van der Waals surface area contributed by atoms with Crippen molar-refractivity contribution in [3.63, 3.8) is 0 Å². The largest absolute Gasteiger partial charge is 0.481 e. The molecule has 1 heterocycles. The second-order valence-corrected chi connectivity index (χ2v) is 18.8. The van der Waals surface area contributed by atoms with Gasteiger partial charge in [0.25, 0.3) is 0 Å². The third-order valence-electron chi connectivity index (χ3n) is 13.1. The molecule has 9 nitrogen and oxygen atoms in total. The highest BCUT2D eigenvalue weighted by atomic mass is 35.5. The lowest BCUT2D eigenvalue weighted by Gasteiger charge is -2.37. The van der Waals surface area contributed by atoms with Gasteiger partial charge < -0.3 is 25.0 Å². The smallest absolute Gasteiger partial charge is 0.336 e. The van der Waals surface area contributed by atoms with E-state index in [1.165, 1.54) is 42.9 Å². The van der Waals surface area contributed by atoms with Gasteiger partial charge >= 0.3 is 23.9 Å². The molecule has 0 radical (unpaired) electrons. The monoisotopic (exact) mass is 941 g/mol. The van der Waals surface area contributed by atoms with Gasteiger partial charge in [-0.3, -0.25) is 4.79 Å². The summed E-state index contributed by atoms with van der Waals surface area (Å²) in [5.41, 5.74) is 2.68. The predicted molar refractivity (Wildman–Crippen MR) is 257 cm³/mol. The molecule has 7 aromatic rings. The summed E-state index contributed by atoms with van der Waals surface area (Å²) in [6.45, 7) is 4.81. The van der Waals surface area contributed by atoms with E-state index in [4.69, 9.17) is 46.4 Å². The second-order valence-electron chi connectivity index (χ2n) is 17.0. The maximum atomic E-state index is 13.7. The first-order chi connectivity index (χ1) is 30.7. The zero-order valence-electron chi connectivity index (χ0n) is 35.4. The lowest BCUT2D eigenvalue weighted by Crippen LogP contribution is -2.50. The van der Waals surface area contributed by atoms with Crippen molar-refractivity contribution < 1.29 is 39.6 Å². The maximum Gasteiger partial charge on any atom is 0.336 e. The number of aromatic carboxylic acids is 1. The molecule has 4 N–H and O–H groups in total. The number of benzene rings is 6. The molecule has 0 saturated heterocycles. The standard InChI is InChI=1S/C51H47Cl4NO8/c1-3-5-7-9-12-26-15-21-34-30(24-26)31-25-27(13-10-8-6-4-2)16-22-35(31)56(34)23-11-14-29-37(47(57)58)40-41-42(46(29)54)38-32(52)19-17-28-18-20-33(53)39(36(28)38)44(41)51(55,50(63)64)45(49(61)62)43(40)48(59)60/h15-22,24-25,45H,3-14,23H2,1-2H3,(H,57,58)(H,59,60)(H,61,62)(H,63,64). The molecule has 0 saturated carbocycles. The Morgan fingerprint density at radius 3 is 1.69 bits per heavy atom. The number of alkyl halides is 1. The second kappa shape index (κ2) is 18.1. The molecule has 2 atom stereocenters. The average molecular weight is 944 g/mol. The molecule has 0 bridgehead atoms. The Morgan fingerprint density at radius 2 is 1.19 bits per heavy atom. The van der Waals surface area contributed by atoms with Crippen LogP contribution in [0.5, 0.6) is 0 Å². The number of unbranched alkanes of at least 4 members (excludes halogenated alkanes) is 6. The number of aryl methyl sites for hydroxylation is 3. The Hall–Kier alpha value is -5.06. The van der Waals surface area contributed by atoms with Gasteiger partial charge in [0.2, 0.25) is 0 Å². The zero-order chi connectivity index (χ0) is 45.8. The highest BCUT2D eigenvalue weighted by Gasteiger charge is 2.58. The molecule has 64 heavy (non-hydrogen) atoms. The SMILES string of the molecule is CCCCCCc1ccc2c(c1)c1cc(CCCCCC)ccc1n2CCCc1c(C(=O)O)c2c3c(c4c(Cl)ccc5ccc(Cl)c(c3c1Cl)c54)C(Cl)(C(=O)O)C(C(=O)O)C=2C(=O)O. The van der Waals surface area contributed by atoms with Gasteiger partial charge in [0, 0.05) is 70.7 Å². The lowest BCUT2D eigenvalue weighted by molar-refractivity contribution is -0.150. The van der Waals surface area contributed by atoms with Crippen LogP contribution in [-0.2, 0) is 45.1 Å². The Kier molecular flexibility index (Phi) is 12.9. The van der Waals surface area contributed by atoms with Crippen LogP contribution in [0.15, 0.2) is 60.7 Å². The van der Waals surface area contributed by atoms with Gasteiger partial charge in [-0.1, -0.05) is 111 Å². The van der Waals surface area contributed by atoms with E-state index in [1.807, 2.05) is 0 Å². The fraction of sp³-hybridized carbons (Fsp3) is 0.333. The Morgan fingerprint density at radius 1 is 0.625 bits per heavy atom. The predicted octanol–water partition coefficient (Wildman–Crippen LogP) is 13.0. The molecule has 1 aliphatic carbocycles. The number of halogens is 4. The zero-order valence-corrected chi connectivity index (χ0v) is 38.4. The molecule has 0 amide bonds. The molecule has 0 spiro atoms. The summed E-state index contributed by atoms with van der Waals surface area (Å²) in [6, 6.07) is 19.6. The topological polar surface area (TPSA) is 154 Å². The average Bonchev–Trinajstić information content (AvgIpc) is 3.56. The van der Waals surface area contributed by atoms with E-state index >= 15 is 0 Å². The summed E-state index contributed by atoms with van der Waals surface area (Å²) >= 11 is 28.3. The van der Waals surface area contributed by atoms with Gasteiger partial charge in [-0.05, 0) is 102 Å². The number of aromatic nitrogens is 1. The normalized spacial score (nSPS) is 16.2. The first-order valence-electron chi connectivity index (χ1n) is 21.9. The van der Waals surface area contributed by atoms with Crippen molar-refractivity contribution in [3.05, 3.63) is 109 Å². The Labute approximate surface area is 389 Å². The first kappa shape index (κ1) is 45.5. The highest BCUT2D eigenvalue weighted by molar-refractivity contribution is 6.50. The van der Waals surface area contributed by atoms with Crippen molar-refractivity contribution in [2.24, 2.45) is 5.92 Å². The molecule has 8 rings (SSSR count). The third-order valence-corrected chi connectivity index (χ3v) is 14.7. The van der Waals surface area contributed by atoms with E-state index in [0.717, 1.165) is 60.3 Å². The van der Waals surface area contributed by atoms with Crippen molar-refractivity contribution in [2.75, 3.05) is 0 Å². The fourth-order valence-corrected chi connectivity index (χ4v) is 11.5. The highest BCUT2D eigenvalue weighted by Crippen LogP contribution is 2.55. The van der Waals surface area contributed by atoms with Gasteiger partial charge in [0.1, 0.15) is 5.92 Å².